The molecule has 0 saturated carbocycles. The largest absolute Gasteiger partial charge is 0.490 e. The minimum atomic E-state index is -5.84. The third-order valence-electron chi connectivity index (χ3n) is 4.21. The number of aliphatic hydroxyl groups excluding tert-OH is 1. The normalized spacial score (nSPS) is 29.5. The van der Waals surface area contributed by atoms with E-state index in [1.54, 1.807) is 5.38 Å². The van der Waals surface area contributed by atoms with Gasteiger partial charge in [-0.3, -0.25) is 9.09 Å². The van der Waals surface area contributed by atoms with E-state index in [0.29, 0.717) is 4.57 Å². The van der Waals surface area contributed by atoms with Crippen LogP contribution in [0, 0.1) is 18.2 Å². The van der Waals surface area contributed by atoms with Crippen molar-refractivity contribution in [2.45, 2.75) is 44.1 Å². The molecule has 7 atom stereocenters. The van der Waals surface area contributed by atoms with Gasteiger partial charge in [0.1, 0.15) is 18.0 Å². The van der Waals surface area contributed by atoms with Crippen LogP contribution in [0.25, 0.3) is 0 Å². The van der Waals surface area contributed by atoms with E-state index in [1.165, 1.54) is 13.0 Å². The summed E-state index contributed by atoms with van der Waals surface area (Å²) in [6, 6.07) is 1.18. The lowest BCUT2D eigenvalue weighted by Crippen LogP contribution is -2.46. The number of nitrogen functional groups attached to an aromatic ring is 1. The van der Waals surface area contributed by atoms with Gasteiger partial charge in [0.15, 0.2) is 6.23 Å². The zero-order valence-corrected chi connectivity index (χ0v) is 20.4. The Balaban J connectivity index is 2.37. The van der Waals surface area contributed by atoms with Crippen LogP contribution in [0.5, 0.6) is 0 Å². The van der Waals surface area contributed by atoms with Crippen LogP contribution < -0.4 is 11.4 Å². The quantitative estimate of drug-likeness (QED) is 0.178. The van der Waals surface area contributed by atoms with Gasteiger partial charge in [-0.15, -0.1) is 0 Å². The number of hydrogen-bond acceptors (Lipinski definition) is 11. The predicted molar refractivity (Wildman–Crippen MR) is 109 cm³/mol. The smallest absolute Gasteiger partial charge is 0.386 e. The topological polar surface area (TPSA) is 250 Å². The van der Waals surface area contributed by atoms with Gasteiger partial charge >= 0.3 is 29.2 Å². The van der Waals surface area contributed by atoms with Crippen LogP contribution in [0.2, 0.25) is 0 Å². The lowest BCUT2D eigenvalue weighted by atomic mass is 9.95. The first-order valence-electron chi connectivity index (χ1n) is 8.65. The van der Waals surface area contributed by atoms with E-state index in [1.807, 2.05) is 5.92 Å². The minimum absolute atomic E-state index is 0.0225. The maximum absolute atomic E-state index is 15.8. The van der Waals surface area contributed by atoms with Crippen LogP contribution in [-0.2, 0) is 31.6 Å². The summed E-state index contributed by atoms with van der Waals surface area (Å²) in [6.45, 7) is 2.26. The number of alkyl halides is 1. The Labute approximate surface area is 194 Å². The molecule has 2 rings (SSSR count). The number of halogens is 2. The Hall–Kier alpha value is -1.21. The fraction of sp³-hybridized carbons (Fsp3) is 0.538. The first-order chi connectivity index (χ1) is 15.3. The summed E-state index contributed by atoms with van der Waals surface area (Å²) in [5, 5.41) is 12.2. The maximum atomic E-state index is 15.8. The van der Waals surface area contributed by atoms with Crippen molar-refractivity contribution in [2.75, 3.05) is 5.73 Å². The molecule has 1 aliphatic heterocycles. The first kappa shape index (κ1) is 29.0. The second kappa shape index (κ2) is 10.0. The van der Waals surface area contributed by atoms with E-state index in [-0.39, 0.29) is 11.5 Å². The summed E-state index contributed by atoms with van der Waals surface area (Å²) in [5.74, 6) is 1.64. The Bertz CT molecular complexity index is 1210. The number of nitrogens with two attached hydrogens (primary N) is 1. The number of aromatic nitrogens is 2. The molecule has 1 fully saturated rings. The highest BCUT2D eigenvalue weighted by molar-refractivity contribution is 7.66. The molecule has 0 aliphatic carbocycles. The monoisotopic (exact) mass is 571 g/mol. The van der Waals surface area contributed by atoms with Crippen molar-refractivity contribution in [1.82, 2.24) is 9.55 Å². The third kappa shape index (κ3) is 6.71. The molecule has 1 aromatic heterocycles. The van der Waals surface area contributed by atoms with E-state index >= 15 is 4.39 Å². The summed E-state index contributed by atoms with van der Waals surface area (Å²) in [7, 11) is -17.1. The second-order valence-corrected chi connectivity index (χ2v) is 11.3. The van der Waals surface area contributed by atoms with Crippen molar-refractivity contribution >= 4 is 40.9 Å². The summed E-state index contributed by atoms with van der Waals surface area (Å²) in [5.41, 5.74) is 1.28. The van der Waals surface area contributed by atoms with Crippen molar-refractivity contribution in [3.8, 4) is 11.3 Å². The van der Waals surface area contributed by atoms with Gasteiger partial charge in [0.05, 0.1) is 6.10 Å². The number of hydrogen-bond donors (Lipinski definition) is 6. The molecule has 1 aromatic rings. The van der Waals surface area contributed by atoms with E-state index in [4.69, 9.17) is 31.9 Å². The van der Waals surface area contributed by atoms with E-state index in [0.717, 1.165) is 6.92 Å². The molecular formula is C13H18ClFN3O13P3. The fourth-order valence-corrected chi connectivity index (χ4v) is 6.36. The fourth-order valence-electron chi connectivity index (χ4n) is 3.02. The lowest BCUT2D eigenvalue weighted by molar-refractivity contribution is -0.0786. The van der Waals surface area contributed by atoms with Crippen molar-refractivity contribution in [3.05, 3.63) is 22.2 Å². The molecule has 0 radical (unpaired) electrons. The van der Waals surface area contributed by atoms with Gasteiger partial charge in [-0.05, 0) is 37.4 Å². The summed E-state index contributed by atoms with van der Waals surface area (Å²) < 4.78 is 67.7. The van der Waals surface area contributed by atoms with Gasteiger partial charge in [0, 0.05) is 11.1 Å². The van der Waals surface area contributed by atoms with Crippen molar-refractivity contribution < 1.29 is 60.6 Å². The van der Waals surface area contributed by atoms with Crippen LogP contribution in [0.1, 0.15) is 18.8 Å². The molecule has 2 heterocycles. The van der Waals surface area contributed by atoms with Gasteiger partial charge in [0.25, 0.3) is 0 Å². The van der Waals surface area contributed by atoms with Crippen LogP contribution in [0.4, 0.5) is 10.2 Å². The standard InChI is InChI=1S/C13H18ClFN3O13P3/c1-6-5-8(16)17-12(20)18(6)11-13(15,3-4-14)10(19)9(28-11)7(2)29-33(24,25)31-34(26,27)30-32(21,22)23/h5,7,9-11,19H,1-2H3,(H,24,25)(H,26,27)(H2,16,17,20)(H2,21,22,23)/t7-,9+,10-,11+,13?/m0/s1. The number of phosphoric ester groups is 1. The number of anilines is 1. The predicted octanol–water partition coefficient (Wildman–Crippen LogP) is 0.0320. The number of aryl methyl sites for hydroxylation is 1. The van der Waals surface area contributed by atoms with Gasteiger partial charge in [-0.1, -0.05) is 0 Å². The van der Waals surface area contributed by atoms with E-state index in [9.17, 15) is 33.4 Å². The highest BCUT2D eigenvalue weighted by atomic mass is 35.5. The van der Waals surface area contributed by atoms with Crippen molar-refractivity contribution in [2.24, 2.45) is 0 Å². The molecule has 21 heteroatoms. The van der Waals surface area contributed by atoms with Gasteiger partial charge in [0.2, 0.25) is 5.67 Å². The molecule has 3 unspecified atom stereocenters. The van der Waals surface area contributed by atoms with Crippen molar-refractivity contribution in [3.63, 3.8) is 0 Å². The van der Waals surface area contributed by atoms with Crippen molar-refractivity contribution in [1.29, 1.82) is 0 Å². The van der Waals surface area contributed by atoms with Gasteiger partial charge in [-0.25, -0.2) is 22.9 Å². The Kier molecular flexibility index (Phi) is 8.57. The van der Waals surface area contributed by atoms with Gasteiger partial charge in [-0.2, -0.15) is 13.6 Å². The molecule has 1 aliphatic rings. The summed E-state index contributed by atoms with van der Waals surface area (Å²) >= 11 is 5.29. The second-order valence-electron chi connectivity index (χ2n) is 6.76. The Morgan fingerprint density at radius 2 is 1.88 bits per heavy atom. The van der Waals surface area contributed by atoms with Crippen LogP contribution >= 0.6 is 35.1 Å². The lowest BCUT2D eigenvalue weighted by Gasteiger charge is -2.25. The first-order valence-corrected chi connectivity index (χ1v) is 13.5. The molecule has 1 saturated heterocycles. The van der Waals surface area contributed by atoms with E-state index in [2.05, 4.69) is 18.1 Å². The zero-order valence-electron chi connectivity index (χ0n) is 17.0. The number of phosphoric acid groups is 3. The Morgan fingerprint density at radius 3 is 2.38 bits per heavy atom. The molecule has 7 N–H and O–H groups in total. The maximum Gasteiger partial charge on any atom is 0.490 e. The molecule has 0 spiro atoms. The number of ether oxygens (including phenoxy) is 1. The summed E-state index contributed by atoms with van der Waals surface area (Å²) in [6.07, 6.45) is -8.04. The Morgan fingerprint density at radius 1 is 1.29 bits per heavy atom. The number of aliphatic hydroxyl groups is 1. The highest BCUT2D eigenvalue weighted by Gasteiger charge is 2.60. The molecule has 0 aromatic carbocycles. The zero-order chi connectivity index (χ0) is 26.3. The number of rotatable bonds is 8. The molecule has 16 nitrogen and oxygen atoms in total. The van der Waals surface area contributed by atoms with Crippen LogP contribution in [0.3, 0.4) is 0 Å². The molecule has 192 valence electrons. The average molecular weight is 572 g/mol. The molecule has 34 heavy (non-hydrogen) atoms. The molecule has 0 bridgehead atoms. The average Bonchev–Trinajstić information content (AvgIpc) is 2.83. The van der Waals surface area contributed by atoms with Crippen LogP contribution in [0.15, 0.2) is 10.9 Å². The third-order valence-corrected chi connectivity index (χ3v) is 8.23. The SMILES string of the molecule is Cc1cc(N)nc(=O)n1[C@@H]1O[C@H]([C@H](C)OP(=O)(O)OP(=O)(O)OP(=O)(O)O)[C@H](O)C1(F)C#CCl. The van der Waals surface area contributed by atoms with E-state index < -0.39 is 59.4 Å². The van der Waals surface area contributed by atoms with Crippen LogP contribution in [-0.4, -0.2) is 58.2 Å². The van der Waals surface area contributed by atoms with Gasteiger partial charge < -0.3 is 35.2 Å². The molecule has 0 amide bonds. The highest BCUT2D eigenvalue weighted by Crippen LogP contribution is 2.66. The molecular weight excluding hydrogens is 554 g/mol. The number of nitrogens with zero attached hydrogens (tertiary/aromatic N) is 2. The summed E-state index contributed by atoms with van der Waals surface area (Å²) in [4.78, 5) is 51.8. The minimum Gasteiger partial charge on any atom is -0.386 e.